The predicted molar refractivity (Wildman–Crippen MR) is 88.7 cm³/mol. The maximum absolute atomic E-state index is 6.64. The van der Waals surface area contributed by atoms with Crippen molar-refractivity contribution in [1.82, 2.24) is 0 Å². The molecule has 1 unspecified atom stereocenters. The second-order valence-corrected chi connectivity index (χ2v) is 6.85. The van der Waals surface area contributed by atoms with Gasteiger partial charge < -0.3 is 0 Å². The van der Waals surface area contributed by atoms with E-state index in [-0.39, 0.29) is 5.38 Å². The van der Waals surface area contributed by atoms with Gasteiger partial charge in [-0.15, -0.1) is 22.9 Å². The van der Waals surface area contributed by atoms with Crippen molar-refractivity contribution < 1.29 is 0 Å². The molecule has 3 rings (SSSR count). The largest absolute Gasteiger partial charge is 0.143 e. The van der Waals surface area contributed by atoms with Gasteiger partial charge in [-0.1, -0.05) is 51.8 Å². The van der Waals surface area contributed by atoms with Crippen LogP contribution in [-0.4, -0.2) is 0 Å². The van der Waals surface area contributed by atoms with Crippen molar-refractivity contribution in [2.24, 2.45) is 0 Å². The van der Waals surface area contributed by atoms with Gasteiger partial charge in [-0.25, -0.2) is 0 Å². The van der Waals surface area contributed by atoms with Crippen LogP contribution in [0.2, 0.25) is 5.02 Å². The first-order chi connectivity index (χ1) is 9.16. The highest BCUT2D eigenvalue weighted by Crippen LogP contribution is 2.40. The van der Waals surface area contributed by atoms with Gasteiger partial charge in [0.2, 0.25) is 0 Å². The molecule has 0 N–H and O–H groups in total. The van der Waals surface area contributed by atoms with Gasteiger partial charge >= 0.3 is 0 Å². The van der Waals surface area contributed by atoms with E-state index in [1.54, 1.807) is 11.3 Å². The monoisotopic (exact) mass is 370 g/mol. The van der Waals surface area contributed by atoms with Gasteiger partial charge in [0.15, 0.2) is 0 Å². The second-order valence-electron chi connectivity index (χ2n) is 4.22. The average molecular weight is 372 g/mol. The zero-order chi connectivity index (χ0) is 13.4. The lowest BCUT2D eigenvalue weighted by atomic mass is 10.0. The molecule has 1 atom stereocenters. The Hall–Kier alpha value is -0.540. The lowest BCUT2D eigenvalue weighted by Crippen LogP contribution is -1.93. The van der Waals surface area contributed by atoms with Crippen molar-refractivity contribution in [2.75, 3.05) is 0 Å². The molecule has 1 heterocycles. The Kier molecular flexibility index (Phi) is 3.86. The van der Waals surface area contributed by atoms with E-state index in [4.69, 9.17) is 23.2 Å². The smallest absolute Gasteiger partial charge is 0.0860 e. The molecule has 19 heavy (non-hydrogen) atoms. The Morgan fingerprint density at radius 3 is 2.63 bits per heavy atom. The highest BCUT2D eigenvalue weighted by Gasteiger charge is 2.17. The van der Waals surface area contributed by atoms with Crippen molar-refractivity contribution in [1.29, 1.82) is 0 Å². The molecule has 0 radical (unpaired) electrons. The third-order valence-corrected chi connectivity index (χ3v) is 5.39. The van der Waals surface area contributed by atoms with Crippen LogP contribution in [0.4, 0.5) is 0 Å². The maximum atomic E-state index is 6.64. The number of alkyl halides is 1. The number of hydrogen-bond acceptors (Lipinski definition) is 1. The molecular weight excluding hydrogens is 363 g/mol. The summed E-state index contributed by atoms with van der Waals surface area (Å²) in [6.07, 6.45) is 0. The lowest BCUT2D eigenvalue weighted by Gasteiger charge is -2.11. The standard InChI is InChI=1S/C15H9BrCl2S/c16-13-7-9(17)5-6-11(13)15(18)12-8-19-14-4-2-1-3-10(12)14/h1-8,15H. The second kappa shape index (κ2) is 5.45. The van der Waals surface area contributed by atoms with E-state index in [0.717, 1.165) is 15.6 Å². The molecule has 3 aromatic rings. The van der Waals surface area contributed by atoms with Crippen molar-refractivity contribution in [2.45, 2.75) is 5.38 Å². The summed E-state index contributed by atoms with van der Waals surface area (Å²) in [5.74, 6) is 0. The minimum absolute atomic E-state index is 0.178. The first kappa shape index (κ1) is 13.4. The SMILES string of the molecule is Clc1ccc(C(Cl)c2csc3ccccc23)c(Br)c1. The molecule has 96 valence electrons. The van der Waals surface area contributed by atoms with Gasteiger partial charge in [-0.3, -0.25) is 0 Å². The zero-order valence-electron chi connectivity index (χ0n) is 9.74. The normalized spacial score (nSPS) is 12.8. The van der Waals surface area contributed by atoms with Crippen molar-refractivity contribution in [3.63, 3.8) is 0 Å². The number of thiophene rings is 1. The highest BCUT2D eigenvalue weighted by atomic mass is 79.9. The third-order valence-electron chi connectivity index (χ3n) is 3.02. The van der Waals surface area contributed by atoms with Gasteiger partial charge in [0, 0.05) is 14.2 Å². The van der Waals surface area contributed by atoms with E-state index in [0.29, 0.717) is 5.02 Å². The molecule has 2 aromatic carbocycles. The van der Waals surface area contributed by atoms with Crippen molar-refractivity contribution in [3.05, 3.63) is 68.5 Å². The summed E-state index contributed by atoms with van der Waals surface area (Å²) in [4.78, 5) is 0. The topological polar surface area (TPSA) is 0 Å². The summed E-state index contributed by atoms with van der Waals surface area (Å²) in [6, 6.07) is 14.0. The molecule has 0 saturated carbocycles. The van der Waals surface area contributed by atoms with Crippen LogP contribution in [0.15, 0.2) is 52.3 Å². The van der Waals surface area contributed by atoms with Crippen LogP contribution in [0.1, 0.15) is 16.5 Å². The first-order valence-corrected chi connectivity index (χ1v) is 8.20. The number of rotatable bonds is 2. The fourth-order valence-corrected chi connectivity index (χ4v) is 4.55. The van der Waals surface area contributed by atoms with E-state index in [9.17, 15) is 0 Å². The Balaban J connectivity index is 2.10. The van der Waals surface area contributed by atoms with Crippen LogP contribution in [0.25, 0.3) is 10.1 Å². The molecule has 0 fully saturated rings. The molecule has 0 aliphatic rings. The Morgan fingerprint density at radius 2 is 1.84 bits per heavy atom. The number of halogens is 3. The summed E-state index contributed by atoms with van der Waals surface area (Å²) >= 11 is 17.9. The van der Waals surface area contributed by atoms with Gasteiger partial charge in [-0.2, -0.15) is 0 Å². The van der Waals surface area contributed by atoms with Crippen LogP contribution in [0.3, 0.4) is 0 Å². The summed E-state index contributed by atoms with van der Waals surface area (Å²) in [7, 11) is 0. The van der Waals surface area contributed by atoms with Crippen LogP contribution in [0.5, 0.6) is 0 Å². The molecule has 0 saturated heterocycles. The van der Waals surface area contributed by atoms with Crippen LogP contribution >= 0.6 is 50.5 Å². The molecule has 0 nitrogen and oxygen atoms in total. The van der Waals surface area contributed by atoms with Crippen LogP contribution in [0, 0.1) is 0 Å². The summed E-state index contributed by atoms with van der Waals surface area (Å²) in [6.45, 7) is 0. The fraction of sp³-hybridized carbons (Fsp3) is 0.0667. The quantitative estimate of drug-likeness (QED) is 0.442. The Labute approximate surface area is 134 Å². The minimum atomic E-state index is -0.178. The minimum Gasteiger partial charge on any atom is -0.143 e. The predicted octanol–water partition coefficient (Wildman–Crippen LogP) is 6.65. The maximum Gasteiger partial charge on any atom is 0.0860 e. The van der Waals surface area contributed by atoms with Crippen LogP contribution in [-0.2, 0) is 0 Å². The van der Waals surface area contributed by atoms with E-state index in [1.807, 2.05) is 30.3 Å². The zero-order valence-corrected chi connectivity index (χ0v) is 13.7. The fourth-order valence-electron chi connectivity index (χ4n) is 2.07. The molecule has 1 aromatic heterocycles. The molecule has 0 spiro atoms. The average Bonchev–Trinajstić information content (AvgIpc) is 2.82. The summed E-state index contributed by atoms with van der Waals surface area (Å²) in [5, 5.41) is 3.87. The van der Waals surface area contributed by atoms with Crippen LogP contribution < -0.4 is 0 Å². The highest BCUT2D eigenvalue weighted by molar-refractivity contribution is 9.10. The van der Waals surface area contributed by atoms with Gasteiger partial charge in [-0.05, 0) is 40.1 Å². The Bertz CT molecular complexity index is 736. The molecule has 0 aliphatic carbocycles. The number of hydrogen-bond donors (Lipinski definition) is 0. The van der Waals surface area contributed by atoms with Crippen molar-refractivity contribution >= 4 is 60.6 Å². The lowest BCUT2D eigenvalue weighted by molar-refractivity contribution is 1.16. The summed E-state index contributed by atoms with van der Waals surface area (Å²) < 4.78 is 2.20. The molecular formula is C15H9BrCl2S. The van der Waals surface area contributed by atoms with E-state index < -0.39 is 0 Å². The Morgan fingerprint density at radius 1 is 1.05 bits per heavy atom. The van der Waals surface area contributed by atoms with Gasteiger partial charge in [0.05, 0.1) is 5.38 Å². The number of benzene rings is 2. The molecule has 0 aliphatic heterocycles. The third kappa shape index (κ3) is 2.55. The van der Waals surface area contributed by atoms with E-state index in [2.05, 4.69) is 33.4 Å². The molecule has 4 heteroatoms. The van der Waals surface area contributed by atoms with E-state index >= 15 is 0 Å². The van der Waals surface area contributed by atoms with E-state index in [1.165, 1.54) is 10.1 Å². The molecule has 0 bridgehead atoms. The summed E-state index contributed by atoms with van der Waals surface area (Å²) in [5.41, 5.74) is 2.18. The van der Waals surface area contributed by atoms with Gasteiger partial charge in [0.25, 0.3) is 0 Å². The molecule has 0 amide bonds. The number of fused-ring (bicyclic) bond motifs is 1. The van der Waals surface area contributed by atoms with Crippen molar-refractivity contribution in [3.8, 4) is 0 Å². The van der Waals surface area contributed by atoms with Gasteiger partial charge in [0.1, 0.15) is 0 Å². The first-order valence-electron chi connectivity index (χ1n) is 5.72.